The molecule has 20 heavy (non-hydrogen) atoms. The summed E-state index contributed by atoms with van der Waals surface area (Å²) < 4.78 is 24.7. The van der Waals surface area contributed by atoms with Crippen molar-refractivity contribution < 1.29 is 8.42 Å². The maximum Gasteiger partial charge on any atom is 0.183 e. The molecule has 3 heteroatoms. The van der Waals surface area contributed by atoms with E-state index < -0.39 is 14.6 Å². The van der Waals surface area contributed by atoms with Crippen LogP contribution in [0.5, 0.6) is 0 Å². The summed E-state index contributed by atoms with van der Waals surface area (Å²) >= 11 is 0. The highest BCUT2D eigenvalue weighted by atomic mass is 32.2. The lowest BCUT2D eigenvalue weighted by Crippen LogP contribution is -2.34. The molecule has 2 nitrogen and oxygen atoms in total. The third kappa shape index (κ3) is 2.93. The van der Waals surface area contributed by atoms with Crippen LogP contribution < -0.4 is 0 Å². The van der Waals surface area contributed by atoms with E-state index in [-0.39, 0.29) is 0 Å². The van der Waals surface area contributed by atoms with Gasteiger partial charge in [0.05, 0.1) is 9.64 Å². The van der Waals surface area contributed by atoms with E-state index in [1.54, 1.807) is 26.0 Å². The number of hydrogen-bond acceptors (Lipinski definition) is 2. The van der Waals surface area contributed by atoms with Crippen LogP contribution in [-0.2, 0) is 16.3 Å². The van der Waals surface area contributed by atoms with E-state index in [2.05, 4.69) is 0 Å². The second-order valence-electron chi connectivity index (χ2n) is 5.74. The normalized spacial score (nSPS) is 12.3. The van der Waals surface area contributed by atoms with E-state index in [1.165, 1.54) is 0 Å². The molecule has 0 aromatic heterocycles. The Labute approximate surface area is 121 Å². The summed E-state index contributed by atoms with van der Waals surface area (Å²) in [7, 11) is -3.35. The molecular weight excluding hydrogens is 268 g/mol. The Hall–Kier alpha value is -1.61. The van der Waals surface area contributed by atoms with Gasteiger partial charge in [0.1, 0.15) is 0 Å². The van der Waals surface area contributed by atoms with Gasteiger partial charge in [-0.1, -0.05) is 48.0 Å². The second-order valence-corrected chi connectivity index (χ2v) is 8.32. The molecule has 0 aliphatic heterocycles. The maximum atomic E-state index is 12.8. The molecule has 2 rings (SSSR count). The van der Waals surface area contributed by atoms with Gasteiger partial charge in [0.2, 0.25) is 0 Å². The molecule has 0 amide bonds. The third-order valence-electron chi connectivity index (χ3n) is 3.53. The van der Waals surface area contributed by atoms with E-state index in [9.17, 15) is 8.42 Å². The van der Waals surface area contributed by atoms with Gasteiger partial charge in [-0.05, 0) is 44.9 Å². The van der Waals surface area contributed by atoms with Gasteiger partial charge < -0.3 is 0 Å². The number of rotatable bonds is 4. The summed E-state index contributed by atoms with van der Waals surface area (Å²) in [5.41, 5.74) is 2.10. The van der Waals surface area contributed by atoms with Crippen molar-refractivity contribution in [1.82, 2.24) is 0 Å². The Kier molecular flexibility index (Phi) is 4.00. The van der Waals surface area contributed by atoms with E-state index in [0.29, 0.717) is 11.3 Å². The highest BCUT2D eigenvalue weighted by Gasteiger charge is 2.35. The van der Waals surface area contributed by atoms with Crippen molar-refractivity contribution in [3.8, 4) is 0 Å². The monoisotopic (exact) mass is 288 g/mol. The van der Waals surface area contributed by atoms with E-state index in [0.717, 1.165) is 11.1 Å². The molecule has 106 valence electrons. The maximum absolute atomic E-state index is 12.8. The van der Waals surface area contributed by atoms with Gasteiger partial charge in [0, 0.05) is 0 Å². The molecule has 0 aliphatic carbocycles. The van der Waals surface area contributed by atoms with Gasteiger partial charge in [0.25, 0.3) is 0 Å². The van der Waals surface area contributed by atoms with Crippen LogP contribution in [-0.4, -0.2) is 13.2 Å². The van der Waals surface area contributed by atoms with Crippen molar-refractivity contribution in [3.63, 3.8) is 0 Å². The summed E-state index contributed by atoms with van der Waals surface area (Å²) in [4.78, 5) is 0.393. The van der Waals surface area contributed by atoms with Gasteiger partial charge in [-0.3, -0.25) is 0 Å². The van der Waals surface area contributed by atoms with Crippen molar-refractivity contribution >= 4 is 9.84 Å². The SMILES string of the molecule is Cc1ccc(S(=O)(=O)C(C)(C)Cc2ccccc2)cc1. The van der Waals surface area contributed by atoms with Crippen molar-refractivity contribution in [2.75, 3.05) is 0 Å². The lowest BCUT2D eigenvalue weighted by atomic mass is 10.0. The van der Waals surface area contributed by atoms with Crippen LogP contribution in [0.3, 0.4) is 0 Å². The molecule has 0 heterocycles. The van der Waals surface area contributed by atoms with Gasteiger partial charge in [0.15, 0.2) is 9.84 Å². The lowest BCUT2D eigenvalue weighted by Gasteiger charge is -2.25. The molecule has 0 unspecified atom stereocenters. The first-order valence-corrected chi connectivity index (χ1v) is 8.16. The van der Waals surface area contributed by atoms with Gasteiger partial charge in [-0.2, -0.15) is 0 Å². The predicted molar refractivity (Wildman–Crippen MR) is 82.6 cm³/mol. The molecule has 0 aliphatic rings. The van der Waals surface area contributed by atoms with Gasteiger partial charge in [-0.15, -0.1) is 0 Å². The van der Waals surface area contributed by atoms with Crippen LogP contribution in [0.4, 0.5) is 0 Å². The fourth-order valence-corrected chi connectivity index (χ4v) is 3.71. The van der Waals surface area contributed by atoms with Crippen molar-refractivity contribution in [2.45, 2.75) is 36.8 Å². The predicted octanol–water partition coefficient (Wildman–Crippen LogP) is 3.79. The summed E-state index contributed by atoms with van der Waals surface area (Å²) in [6.45, 7) is 5.52. The number of aryl methyl sites for hydroxylation is 1. The van der Waals surface area contributed by atoms with E-state index in [1.807, 2.05) is 49.4 Å². The summed E-state index contributed by atoms with van der Waals surface area (Å²) in [6, 6.07) is 16.8. The molecule has 0 fully saturated rings. The molecule has 0 saturated heterocycles. The fraction of sp³-hybridized carbons (Fsp3) is 0.294. The number of benzene rings is 2. The van der Waals surface area contributed by atoms with Gasteiger partial charge >= 0.3 is 0 Å². The fourth-order valence-electron chi connectivity index (χ4n) is 2.22. The van der Waals surface area contributed by atoms with Crippen molar-refractivity contribution in [3.05, 3.63) is 65.7 Å². The van der Waals surface area contributed by atoms with Crippen molar-refractivity contribution in [1.29, 1.82) is 0 Å². The van der Waals surface area contributed by atoms with Crippen LogP contribution in [0.15, 0.2) is 59.5 Å². The topological polar surface area (TPSA) is 34.1 Å². The Balaban J connectivity index is 2.34. The first kappa shape index (κ1) is 14.8. The zero-order valence-corrected chi connectivity index (χ0v) is 12.9. The molecule has 2 aromatic rings. The van der Waals surface area contributed by atoms with Gasteiger partial charge in [-0.25, -0.2) is 8.42 Å². The molecule has 2 aromatic carbocycles. The molecule has 0 N–H and O–H groups in total. The summed E-state index contributed by atoms with van der Waals surface area (Å²) in [5, 5.41) is 0. The standard InChI is InChI=1S/C17H20O2S/c1-14-9-11-16(12-10-14)20(18,19)17(2,3)13-15-7-5-4-6-8-15/h4-12H,13H2,1-3H3. The minimum absolute atomic E-state index is 0.393. The molecule has 0 bridgehead atoms. The first-order valence-electron chi connectivity index (χ1n) is 6.68. The van der Waals surface area contributed by atoms with E-state index in [4.69, 9.17) is 0 Å². The Morgan fingerprint density at radius 3 is 2.00 bits per heavy atom. The van der Waals surface area contributed by atoms with Crippen LogP contribution in [0.25, 0.3) is 0 Å². The zero-order valence-electron chi connectivity index (χ0n) is 12.1. The quantitative estimate of drug-likeness (QED) is 0.857. The molecule has 0 spiro atoms. The Morgan fingerprint density at radius 1 is 0.900 bits per heavy atom. The minimum Gasteiger partial charge on any atom is -0.223 e. The molecule has 0 saturated carbocycles. The second kappa shape index (κ2) is 5.41. The van der Waals surface area contributed by atoms with Crippen LogP contribution in [0.1, 0.15) is 25.0 Å². The smallest absolute Gasteiger partial charge is 0.183 e. The van der Waals surface area contributed by atoms with E-state index >= 15 is 0 Å². The zero-order chi connectivity index (χ0) is 14.8. The van der Waals surface area contributed by atoms with Crippen molar-refractivity contribution in [2.24, 2.45) is 0 Å². The number of sulfone groups is 1. The summed E-state index contributed by atoms with van der Waals surface area (Å²) in [6.07, 6.45) is 0.504. The van der Waals surface area contributed by atoms with Crippen LogP contribution >= 0.6 is 0 Å². The highest BCUT2D eigenvalue weighted by molar-refractivity contribution is 7.92. The lowest BCUT2D eigenvalue weighted by molar-refractivity contribution is 0.544. The molecule has 0 atom stereocenters. The molecule has 0 radical (unpaired) electrons. The third-order valence-corrected chi connectivity index (χ3v) is 6.02. The summed E-state index contributed by atoms with van der Waals surface area (Å²) in [5.74, 6) is 0. The average molecular weight is 288 g/mol. The Bertz CT molecular complexity index is 669. The molecular formula is C17H20O2S. The highest BCUT2D eigenvalue weighted by Crippen LogP contribution is 2.29. The minimum atomic E-state index is -3.35. The van der Waals surface area contributed by atoms with Crippen LogP contribution in [0, 0.1) is 6.92 Å². The number of hydrogen-bond donors (Lipinski definition) is 0. The first-order chi connectivity index (χ1) is 9.33. The average Bonchev–Trinajstić information content (AvgIpc) is 2.39. The van der Waals surface area contributed by atoms with Crippen LogP contribution in [0.2, 0.25) is 0 Å². The largest absolute Gasteiger partial charge is 0.223 e. The Morgan fingerprint density at radius 2 is 1.45 bits per heavy atom.